The fourth-order valence-corrected chi connectivity index (χ4v) is 2.87. The highest BCUT2D eigenvalue weighted by Gasteiger charge is 2.22. The summed E-state index contributed by atoms with van der Waals surface area (Å²) in [5.74, 6) is -2.23. The number of nitrogens with one attached hydrogen (secondary N) is 1. The van der Waals surface area contributed by atoms with E-state index in [0.29, 0.717) is 12.8 Å². The molecule has 0 unspecified atom stereocenters. The van der Waals surface area contributed by atoms with Crippen LogP contribution in [0.25, 0.3) is 0 Å². The van der Waals surface area contributed by atoms with Crippen LogP contribution >= 0.6 is 0 Å². The van der Waals surface area contributed by atoms with Gasteiger partial charge in [-0.15, -0.1) is 0 Å². The van der Waals surface area contributed by atoms with E-state index in [1.165, 1.54) is 12.5 Å². The van der Waals surface area contributed by atoms with Gasteiger partial charge in [-0.2, -0.15) is 0 Å². The van der Waals surface area contributed by atoms with Gasteiger partial charge in [-0.25, -0.2) is 21.9 Å². The minimum Gasteiger partial charge on any atom is -0.364 e. The largest absolute Gasteiger partial charge is 0.364 e. The molecule has 1 aromatic carbocycles. The predicted molar refractivity (Wildman–Crippen MR) is 66.4 cm³/mol. The molecular weight excluding hydrogens is 290 g/mol. The summed E-state index contributed by atoms with van der Waals surface area (Å²) < 4.78 is 57.2. The molecule has 108 valence electrons. The van der Waals surface area contributed by atoms with Crippen LogP contribution in [0.4, 0.5) is 8.78 Å². The van der Waals surface area contributed by atoms with Crippen molar-refractivity contribution in [3.63, 3.8) is 0 Å². The number of hydrogen-bond acceptors (Lipinski definition) is 4. The molecule has 2 aromatic rings. The molecule has 0 fully saturated rings. The maximum atomic E-state index is 13.4. The number of aryl methyl sites for hydroxylation is 1. The Kier molecular flexibility index (Phi) is 4.46. The molecule has 1 aromatic heterocycles. The van der Waals surface area contributed by atoms with E-state index in [9.17, 15) is 17.2 Å². The Morgan fingerprint density at radius 2 is 1.95 bits per heavy atom. The van der Waals surface area contributed by atoms with Crippen molar-refractivity contribution in [2.24, 2.45) is 0 Å². The maximum Gasteiger partial charge on any atom is 0.246 e. The topological polar surface area (TPSA) is 72.2 Å². The molecular formula is C12H12F2N2O3S. The van der Waals surface area contributed by atoms with Crippen molar-refractivity contribution < 1.29 is 21.7 Å². The van der Waals surface area contributed by atoms with E-state index >= 15 is 0 Å². The minimum absolute atomic E-state index is 0.0568. The first-order chi connectivity index (χ1) is 9.50. The Bertz CT molecular complexity index is 652. The number of aromatic nitrogens is 1. The standard InChI is InChI=1S/C12H12F2N2O3S/c13-10-4-1-5-11(14)12(10)20(17,18)16-6-2-3-9-7-15-19-8-9/h1,4-5,7-8,16H,2-3,6H2. The molecule has 1 N–H and O–H groups in total. The first-order valence-corrected chi connectivity index (χ1v) is 7.31. The number of halogens is 2. The molecule has 0 saturated carbocycles. The lowest BCUT2D eigenvalue weighted by Crippen LogP contribution is -2.27. The Balaban J connectivity index is 1.97. The van der Waals surface area contributed by atoms with Crippen LogP contribution in [0, 0.1) is 11.6 Å². The first kappa shape index (κ1) is 14.6. The van der Waals surface area contributed by atoms with Crippen molar-refractivity contribution in [2.45, 2.75) is 17.7 Å². The van der Waals surface area contributed by atoms with Crippen molar-refractivity contribution in [3.8, 4) is 0 Å². The second-order valence-corrected chi connectivity index (χ2v) is 5.79. The number of rotatable bonds is 6. The number of benzene rings is 1. The summed E-state index contributed by atoms with van der Waals surface area (Å²) in [6.07, 6.45) is 3.97. The van der Waals surface area contributed by atoms with E-state index < -0.39 is 26.6 Å². The summed E-state index contributed by atoms with van der Waals surface area (Å²) in [6.45, 7) is 0.0568. The van der Waals surface area contributed by atoms with Crippen molar-refractivity contribution in [3.05, 3.63) is 47.9 Å². The summed E-state index contributed by atoms with van der Waals surface area (Å²) in [5, 5.41) is 3.51. The Morgan fingerprint density at radius 1 is 1.25 bits per heavy atom. The molecule has 0 saturated heterocycles. The molecule has 0 spiro atoms. The summed E-state index contributed by atoms with van der Waals surface area (Å²) in [7, 11) is -4.20. The molecule has 0 aliphatic heterocycles. The molecule has 0 atom stereocenters. The van der Waals surface area contributed by atoms with E-state index in [2.05, 4.69) is 14.4 Å². The summed E-state index contributed by atoms with van der Waals surface area (Å²) >= 11 is 0. The normalized spacial score (nSPS) is 11.7. The molecule has 0 aliphatic carbocycles. The molecule has 1 heterocycles. The van der Waals surface area contributed by atoms with Gasteiger partial charge in [0, 0.05) is 12.1 Å². The smallest absolute Gasteiger partial charge is 0.246 e. The lowest BCUT2D eigenvalue weighted by molar-refractivity contribution is 0.418. The van der Waals surface area contributed by atoms with Crippen LogP contribution in [-0.4, -0.2) is 20.1 Å². The zero-order chi connectivity index (χ0) is 14.6. The molecule has 2 rings (SSSR count). The van der Waals surface area contributed by atoms with E-state index in [1.807, 2.05) is 0 Å². The van der Waals surface area contributed by atoms with Gasteiger partial charge in [0.2, 0.25) is 10.0 Å². The van der Waals surface area contributed by atoms with Gasteiger partial charge in [0.05, 0.1) is 6.20 Å². The van der Waals surface area contributed by atoms with Crippen molar-refractivity contribution in [2.75, 3.05) is 6.54 Å². The fourth-order valence-electron chi connectivity index (χ4n) is 1.66. The second-order valence-electron chi connectivity index (χ2n) is 4.08. The van der Waals surface area contributed by atoms with Gasteiger partial charge in [-0.1, -0.05) is 11.2 Å². The maximum absolute atomic E-state index is 13.4. The summed E-state index contributed by atoms with van der Waals surface area (Å²) in [6, 6.07) is 2.90. The highest BCUT2D eigenvalue weighted by Crippen LogP contribution is 2.17. The zero-order valence-corrected chi connectivity index (χ0v) is 11.2. The molecule has 0 radical (unpaired) electrons. The van der Waals surface area contributed by atoms with Crippen LogP contribution in [0.1, 0.15) is 12.0 Å². The van der Waals surface area contributed by atoms with Crippen molar-refractivity contribution in [1.82, 2.24) is 9.88 Å². The van der Waals surface area contributed by atoms with Gasteiger partial charge < -0.3 is 4.52 Å². The molecule has 0 bridgehead atoms. The van der Waals surface area contributed by atoms with E-state index in [4.69, 9.17) is 0 Å². The first-order valence-electron chi connectivity index (χ1n) is 5.82. The highest BCUT2D eigenvalue weighted by molar-refractivity contribution is 7.89. The third-order valence-corrected chi connectivity index (χ3v) is 4.12. The van der Waals surface area contributed by atoms with Gasteiger partial charge in [0.25, 0.3) is 0 Å². The minimum atomic E-state index is -4.20. The van der Waals surface area contributed by atoms with Crippen LogP contribution in [0.3, 0.4) is 0 Å². The fraction of sp³-hybridized carbons (Fsp3) is 0.250. The van der Waals surface area contributed by atoms with E-state index in [1.54, 1.807) is 0 Å². The van der Waals surface area contributed by atoms with E-state index in [-0.39, 0.29) is 6.54 Å². The van der Waals surface area contributed by atoms with E-state index in [0.717, 1.165) is 23.8 Å². The third kappa shape index (κ3) is 3.40. The van der Waals surface area contributed by atoms with Gasteiger partial charge in [-0.05, 0) is 25.0 Å². The van der Waals surface area contributed by atoms with Crippen LogP contribution < -0.4 is 4.72 Å². The van der Waals surface area contributed by atoms with Gasteiger partial charge in [0.1, 0.15) is 17.9 Å². The molecule has 8 heteroatoms. The zero-order valence-electron chi connectivity index (χ0n) is 10.3. The SMILES string of the molecule is O=S(=O)(NCCCc1cnoc1)c1c(F)cccc1F. The molecule has 5 nitrogen and oxygen atoms in total. The van der Waals surface area contributed by atoms with Gasteiger partial charge in [-0.3, -0.25) is 0 Å². The monoisotopic (exact) mass is 302 g/mol. The van der Waals surface area contributed by atoms with Crippen LogP contribution in [-0.2, 0) is 16.4 Å². The second kappa shape index (κ2) is 6.10. The van der Waals surface area contributed by atoms with Crippen molar-refractivity contribution in [1.29, 1.82) is 0 Å². The lowest BCUT2D eigenvalue weighted by atomic mass is 10.2. The highest BCUT2D eigenvalue weighted by atomic mass is 32.2. The predicted octanol–water partition coefficient (Wildman–Crippen LogP) is 1.86. The molecule has 0 aliphatic rings. The Hall–Kier alpha value is -1.80. The van der Waals surface area contributed by atoms with Crippen LogP contribution in [0.15, 0.2) is 40.1 Å². The number of nitrogens with zero attached hydrogens (tertiary/aromatic N) is 1. The summed E-state index contributed by atoms with van der Waals surface area (Å²) in [5.41, 5.74) is 0.821. The molecule has 20 heavy (non-hydrogen) atoms. The number of sulfonamides is 1. The summed E-state index contributed by atoms with van der Waals surface area (Å²) in [4.78, 5) is -0.954. The van der Waals surface area contributed by atoms with Gasteiger partial charge in [0.15, 0.2) is 4.90 Å². The van der Waals surface area contributed by atoms with Crippen molar-refractivity contribution >= 4 is 10.0 Å². The Labute approximate surface area is 114 Å². The Morgan fingerprint density at radius 3 is 2.55 bits per heavy atom. The average Bonchev–Trinajstić information content (AvgIpc) is 2.87. The number of hydrogen-bond donors (Lipinski definition) is 1. The van der Waals surface area contributed by atoms with Crippen LogP contribution in [0.5, 0.6) is 0 Å². The lowest BCUT2D eigenvalue weighted by Gasteiger charge is -2.08. The van der Waals surface area contributed by atoms with Crippen LogP contribution in [0.2, 0.25) is 0 Å². The molecule has 0 amide bonds. The average molecular weight is 302 g/mol. The third-order valence-electron chi connectivity index (χ3n) is 2.61. The quantitative estimate of drug-likeness (QED) is 0.827. The van der Waals surface area contributed by atoms with Gasteiger partial charge >= 0.3 is 0 Å².